The molecule has 0 bridgehead atoms. The van der Waals surface area contributed by atoms with Gasteiger partial charge in [-0.15, -0.1) is 0 Å². The summed E-state index contributed by atoms with van der Waals surface area (Å²) in [4.78, 5) is 16.8. The quantitative estimate of drug-likeness (QED) is 0.688. The van der Waals surface area contributed by atoms with E-state index < -0.39 is 0 Å². The third kappa shape index (κ3) is 4.54. The minimum Gasteiger partial charge on any atom is -0.309 e. The van der Waals surface area contributed by atoms with Crippen LogP contribution in [0.1, 0.15) is 26.2 Å². The zero-order valence-electron chi connectivity index (χ0n) is 12.8. The van der Waals surface area contributed by atoms with Crippen molar-refractivity contribution in [1.29, 1.82) is 0 Å². The average Bonchev–Trinajstić information content (AvgIpc) is 3.25. The standard InChI is InChI=1S/C16H22Br2N2O/c1-11(8-9-19(2)3)20(16(21)12-4-5-12)13-6-7-14(17)15(18)10-13/h6-7,10-12H,4-5,8-9H2,1-3H3. The van der Waals surface area contributed by atoms with Crippen LogP contribution in [0.25, 0.3) is 0 Å². The molecule has 1 fully saturated rings. The second kappa shape index (κ2) is 7.25. The summed E-state index contributed by atoms with van der Waals surface area (Å²) < 4.78 is 1.99. The Morgan fingerprint density at radius 1 is 1.29 bits per heavy atom. The van der Waals surface area contributed by atoms with Crippen LogP contribution < -0.4 is 4.90 Å². The van der Waals surface area contributed by atoms with Crippen LogP contribution in [0.4, 0.5) is 5.69 Å². The molecule has 0 aromatic heterocycles. The molecule has 0 N–H and O–H groups in total. The fourth-order valence-corrected chi connectivity index (χ4v) is 2.95. The number of hydrogen-bond donors (Lipinski definition) is 0. The first-order valence-corrected chi connectivity index (χ1v) is 8.91. The summed E-state index contributed by atoms with van der Waals surface area (Å²) in [5.74, 6) is 0.504. The molecule has 1 unspecified atom stereocenters. The molecule has 1 saturated carbocycles. The lowest BCUT2D eigenvalue weighted by atomic mass is 10.1. The van der Waals surface area contributed by atoms with Gasteiger partial charge < -0.3 is 9.80 Å². The number of carbonyl (C=O) groups excluding carboxylic acids is 1. The highest BCUT2D eigenvalue weighted by Crippen LogP contribution is 2.36. The largest absolute Gasteiger partial charge is 0.309 e. The molecule has 0 saturated heterocycles. The number of carbonyl (C=O) groups is 1. The van der Waals surface area contributed by atoms with Crippen molar-refractivity contribution in [2.45, 2.75) is 32.2 Å². The van der Waals surface area contributed by atoms with Gasteiger partial charge in [-0.3, -0.25) is 4.79 Å². The van der Waals surface area contributed by atoms with Crippen molar-refractivity contribution in [1.82, 2.24) is 4.90 Å². The van der Waals surface area contributed by atoms with Gasteiger partial charge in [-0.1, -0.05) is 0 Å². The molecule has 0 heterocycles. The molecule has 0 spiro atoms. The Morgan fingerprint density at radius 2 is 1.95 bits per heavy atom. The van der Waals surface area contributed by atoms with Gasteiger partial charge in [0.15, 0.2) is 0 Å². The molecule has 0 radical (unpaired) electrons. The maximum absolute atomic E-state index is 12.7. The second-order valence-electron chi connectivity index (χ2n) is 6.02. The lowest BCUT2D eigenvalue weighted by molar-refractivity contribution is -0.120. The second-order valence-corrected chi connectivity index (χ2v) is 7.73. The van der Waals surface area contributed by atoms with E-state index in [9.17, 15) is 4.79 Å². The Labute approximate surface area is 143 Å². The first-order chi connectivity index (χ1) is 9.90. The minimum absolute atomic E-state index is 0.202. The molecule has 21 heavy (non-hydrogen) atoms. The topological polar surface area (TPSA) is 23.6 Å². The van der Waals surface area contributed by atoms with Gasteiger partial charge >= 0.3 is 0 Å². The maximum atomic E-state index is 12.7. The Kier molecular flexibility index (Phi) is 5.86. The summed E-state index contributed by atoms with van der Waals surface area (Å²) in [6, 6.07) is 6.23. The average molecular weight is 418 g/mol. The number of amides is 1. The summed E-state index contributed by atoms with van der Waals surface area (Å²) in [5, 5.41) is 0. The van der Waals surface area contributed by atoms with Crippen LogP contribution in [0.2, 0.25) is 0 Å². The lowest BCUT2D eigenvalue weighted by Crippen LogP contribution is -2.41. The van der Waals surface area contributed by atoms with Crippen molar-refractivity contribution in [3.05, 3.63) is 27.1 Å². The molecule has 0 aliphatic heterocycles. The van der Waals surface area contributed by atoms with Crippen LogP contribution in [-0.2, 0) is 4.79 Å². The maximum Gasteiger partial charge on any atom is 0.230 e. The highest BCUT2D eigenvalue weighted by Gasteiger charge is 2.36. The normalized spacial score (nSPS) is 16.1. The monoisotopic (exact) mass is 416 g/mol. The molecular weight excluding hydrogens is 396 g/mol. The van der Waals surface area contributed by atoms with E-state index in [4.69, 9.17) is 0 Å². The molecule has 2 rings (SSSR count). The first kappa shape index (κ1) is 17.0. The van der Waals surface area contributed by atoms with E-state index in [2.05, 4.69) is 57.8 Å². The van der Waals surface area contributed by atoms with E-state index in [1.165, 1.54) is 0 Å². The number of hydrogen-bond acceptors (Lipinski definition) is 2. The number of benzene rings is 1. The smallest absolute Gasteiger partial charge is 0.230 e. The van der Waals surface area contributed by atoms with Gasteiger partial charge in [-0.25, -0.2) is 0 Å². The molecule has 5 heteroatoms. The molecule has 1 aromatic carbocycles. The zero-order valence-corrected chi connectivity index (χ0v) is 15.9. The van der Waals surface area contributed by atoms with Gasteiger partial charge in [0.1, 0.15) is 0 Å². The Balaban J connectivity index is 2.22. The van der Waals surface area contributed by atoms with Crippen molar-refractivity contribution in [2.24, 2.45) is 5.92 Å². The predicted octanol–water partition coefficient (Wildman–Crippen LogP) is 4.29. The Hall–Kier alpha value is -0.390. The molecule has 1 aliphatic rings. The highest BCUT2D eigenvalue weighted by atomic mass is 79.9. The third-order valence-electron chi connectivity index (χ3n) is 3.78. The summed E-state index contributed by atoms with van der Waals surface area (Å²) in [6.45, 7) is 3.12. The van der Waals surface area contributed by atoms with Gasteiger partial charge in [-0.05, 0) is 96.9 Å². The molecule has 1 atom stereocenters. The van der Waals surface area contributed by atoms with Crippen molar-refractivity contribution in [2.75, 3.05) is 25.5 Å². The van der Waals surface area contributed by atoms with Gasteiger partial charge in [0, 0.05) is 26.6 Å². The molecule has 1 amide bonds. The highest BCUT2D eigenvalue weighted by molar-refractivity contribution is 9.13. The number of nitrogens with zero attached hydrogens (tertiary/aromatic N) is 2. The van der Waals surface area contributed by atoms with Crippen molar-refractivity contribution >= 4 is 43.5 Å². The van der Waals surface area contributed by atoms with E-state index in [0.29, 0.717) is 0 Å². The molecular formula is C16H22Br2N2O. The lowest BCUT2D eigenvalue weighted by Gasteiger charge is -2.30. The van der Waals surface area contributed by atoms with Gasteiger partial charge in [0.2, 0.25) is 5.91 Å². The zero-order chi connectivity index (χ0) is 15.6. The van der Waals surface area contributed by atoms with Crippen molar-refractivity contribution < 1.29 is 4.79 Å². The fourth-order valence-electron chi connectivity index (χ4n) is 2.33. The number of anilines is 1. The summed E-state index contributed by atoms with van der Waals surface area (Å²) in [5.41, 5.74) is 0.980. The first-order valence-electron chi connectivity index (χ1n) is 7.33. The number of rotatable bonds is 6. The molecule has 1 aromatic rings. The number of halogens is 2. The van der Waals surface area contributed by atoms with Crippen LogP contribution in [-0.4, -0.2) is 37.5 Å². The van der Waals surface area contributed by atoms with Gasteiger partial charge in [0.05, 0.1) is 0 Å². The Morgan fingerprint density at radius 3 is 2.48 bits per heavy atom. The van der Waals surface area contributed by atoms with E-state index >= 15 is 0 Å². The van der Waals surface area contributed by atoms with Crippen LogP contribution in [0.3, 0.4) is 0 Å². The molecule has 1 aliphatic carbocycles. The van der Waals surface area contributed by atoms with E-state index in [1.807, 2.05) is 23.1 Å². The summed E-state index contributed by atoms with van der Waals surface area (Å²) >= 11 is 7.02. The fraction of sp³-hybridized carbons (Fsp3) is 0.562. The third-order valence-corrected chi connectivity index (χ3v) is 5.66. The SMILES string of the molecule is CC(CCN(C)C)N(C(=O)C1CC1)c1ccc(Br)c(Br)c1. The molecule has 3 nitrogen and oxygen atoms in total. The van der Waals surface area contributed by atoms with Crippen molar-refractivity contribution in [3.8, 4) is 0 Å². The predicted molar refractivity (Wildman–Crippen MR) is 94.7 cm³/mol. The van der Waals surface area contributed by atoms with Crippen LogP contribution in [0, 0.1) is 5.92 Å². The van der Waals surface area contributed by atoms with E-state index in [1.54, 1.807) is 0 Å². The summed E-state index contributed by atoms with van der Waals surface area (Å²) in [6.07, 6.45) is 3.04. The minimum atomic E-state index is 0.202. The van der Waals surface area contributed by atoms with Crippen LogP contribution >= 0.6 is 31.9 Å². The van der Waals surface area contributed by atoms with Crippen LogP contribution in [0.5, 0.6) is 0 Å². The van der Waals surface area contributed by atoms with Gasteiger partial charge in [-0.2, -0.15) is 0 Å². The summed E-state index contributed by atoms with van der Waals surface area (Å²) in [7, 11) is 4.13. The molecule has 116 valence electrons. The van der Waals surface area contributed by atoms with E-state index in [-0.39, 0.29) is 17.9 Å². The van der Waals surface area contributed by atoms with E-state index in [0.717, 1.165) is 40.4 Å². The van der Waals surface area contributed by atoms with Crippen molar-refractivity contribution in [3.63, 3.8) is 0 Å². The van der Waals surface area contributed by atoms with Crippen LogP contribution in [0.15, 0.2) is 27.1 Å². The van der Waals surface area contributed by atoms with Gasteiger partial charge in [0.25, 0.3) is 0 Å². The Bertz CT molecular complexity index is 515.